The Hall–Kier alpha value is -0.875. The fourth-order valence-electron chi connectivity index (χ4n) is 1.47. The van der Waals surface area contributed by atoms with Gasteiger partial charge in [-0.15, -0.1) is 0 Å². The summed E-state index contributed by atoms with van der Waals surface area (Å²) in [6, 6.07) is 0. The first-order chi connectivity index (χ1) is 6.83. The van der Waals surface area contributed by atoms with E-state index in [0.29, 0.717) is 5.72 Å². The van der Waals surface area contributed by atoms with E-state index in [0.717, 1.165) is 0 Å². The molecule has 0 unspecified atom stereocenters. The lowest BCUT2D eigenvalue weighted by atomic mass is 9.89. The number of nitrogens with zero attached hydrogens (tertiary/aromatic N) is 3. The van der Waals surface area contributed by atoms with Crippen LogP contribution in [0.15, 0.2) is 6.33 Å². The van der Waals surface area contributed by atoms with E-state index < -0.39 is 7.12 Å². The molecule has 1 aromatic heterocycles. The predicted molar refractivity (Wildman–Crippen MR) is 56.7 cm³/mol. The average molecular weight is 209 g/mol. The van der Waals surface area contributed by atoms with E-state index in [4.69, 9.17) is 9.31 Å². The Morgan fingerprint density at radius 3 is 2.13 bits per heavy atom. The Morgan fingerprint density at radius 1 is 1.20 bits per heavy atom. The minimum Gasteiger partial charge on any atom is -0.397 e. The topological polar surface area (TPSA) is 49.2 Å². The SMILES string of the molecule is Cn1ncnc1B1OC(C)(C)C(C)(C)O1. The highest BCUT2D eigenvalue weighted by atomic mass is 16.7. The van der Waals surface area contributed by atoms with Gasteiger partial charge in [0.05, 0.1) is 11.2 Å². The maximum Gasteiger partial charge on any atom is 0.534 e. The van der Waals surface area contributed by atoms with E-state index in [1.54, 1.807) is 4.68 Å². The maximum absolute atomic E-state index is 5.84. The molecule has 0 N–H and O–H groups in total. The van der Waals surface area contributed by atoms with Gasteiger partial charge in [-0.1, -0.05) is 0 Å². The second kappa shape index (κ2) is 3.06. The summed E-state index contributed by atoms with van der Waals surface area (Å²) in [6.07, 6.45) is 1.50. The molecule has 0 aliphatic carbocycles. The van der Waals surface area contributed by atoms with Gasteiger partial charge in [-0.25, -0.2) is 4.98 Å². The van der Waals surface area contributed by atoms with Crippen LogP contribution in [0.1, 0.15) is 27.7 Å². The Labute approximate surface area is 89.9 Å². The van der Waals surface area contributed by atoms with E-state index in [-0.39, 0.29) is 11.2 Å². The van der Waals surface area contributed by atoms with Gasteiger partial charge < -0.3 is 9.31 Å². The van der Waals surface area contributed by atoms with Gasteiger partial charge >= 0.3 is 7.12 Å². The molecule has 1 aliphatic heterocycles. The van der Waals surface area contributed by atoms with Gasteiger partial charge in [-0.3, -0.25) is 4.68 Å². The van der Waals surface area contributed by atoms with Gasteiger partial charge in [-0.2, -0.15) is 5.10 Å². The first kappa shape index (κ1) is 10.6. The average Bonchev–Trinajstić information content (AvgIpc) is 2.55. The van der Waals surface area contributed by atoms with Crippen LogP contribution >= 0.6 is 0 Å². The van der Waals surface area contributed by atoms with Crippen LogP contribution in [0.4, 0.5) is 0 Å². The standard InChI is InChI=1S/C9H16BN3O2/c1-8(2)9(3,4)15-10(14-8)7-11-6-12-13(7)5/h6H,1-5H3. The quantitative estimate of drug-likeness (QED) is 0.616. The van der Waals surface area contributed by atoms with Gasteiger partial charge in [0.25, 0.3) is 0 Å². The Kier molecular flexibility index (Phi) is 2.17. The van der Waals surface area contributed by atoms with Crippen molar-refractivity contribution in [2.75, 3.05) is 0 Å². The molecule has 6 heteroatoms. The third kappa shape index (κ3) is 1.57. The van der Waals surface area contributed by atoms with Crippen LogP contribution < -0.4 is 5.72 Å². The Bertz CT molecular complexity index is 359. The van der Waals surface area contributed by atoms with Gasteiger partial charge in [0.15, 0.2) is 5.72 Å². The summed E-state index contributed by atoms with van der Waals surface area (Å²) in [5, 5.41) is 4.00. The largest absolute Gasteiger partial charge is 0.534 e. The van der Waals surface area contributed by atoms with Crippen LogP contribution in [-0.4, -0.2) is 33.1 Å². The van der Waals surface area contributed by atoms with Crippen LogP contribution in [0.25, 0.3) is 0 Å². The predicted octanol–water partition coefficient (Wildman–Crippen LogP) is 0.114. The van der Waals surface area contributed by atoms with Crippen molar-refractivity contribution in [3.05, 3.63) is 6.33 Å². The minimum absolute atomic E-state index is 0.330. The van der Waals surface area contributed by atoms with Crippen LogP contribution in [0.2, 0.25) is 0 Å². The highest BCUT2D eigenvalue weighted by molar-refractivity contribution is 6.60. The molecule has 0 bridgehead atoms. The first-order valence-electron chi connectivity index (χ1n) is 5.03. The molecule has 2 rings (SSSR count). The first-order valence-corrected chi connectivity index (χ1v) is 5.03. The zero-order valence-electron chi connectivity index (χ0n) is 9.81. The van der Waals surface area contributed by atoms with Crippen molar-refractivity contribution in [3.8, 4) is 0 Å². The summed E-state index contributed by atoms with van der Waals surface area (Å²) in [4.78, 5) is 4.13. The van der Waals surface area contributed by atoms with Crippen molar-refractivity contribution in [2.45, 2.75) is 38.9 Å². The molecule has 1 aliphatic rings. The van der Waals surface area contributed by atoms with E-state index in [1.165, 1.54) is 6.33 Å². The Morgan fingerprint density at radius 2 is 1.73 bits per heavy atom. The van der Waals surface area contributed by atoms with Crippen LogP contribution in [-0.2, 0) is 16.4 Å². The summed E-state index contributed by atoms with van der Waals surface area (Å²) in [5.41, 5.74) is 0.0430. The molecule has 0 amide bonds. The van der Waals surface area contributed by atoms with Gasteiger partial charge in [0.2, 0.25) is 0 Å². The van der Waals surface area contributed by atoms with Crippen molar-refractivity contribution in [2.24, 2.45) is 7.05 Å². The molecule has 15 heavy (non-hydrogen) atoms. The molecule has 0 spiro atoms. The summed E-state index contributed by atoms with van der Waals surface area (Å²) < 4.78 is 13.4. The second-order valence-corrected chi connectivity index (χ2v) is 4.83. The summed E-state index contributed by atoms with van der Waals surface area (Å²) in [7, 11) is 1.40. The van der Waals surface area contributed by atoms with Crippen LogP contribution in [0.5, 0.6) is 0 Å². The molecule has 1 saturated heterocycles. The molecule has 82 valence electrons. The lowest BCUT2D eigenvalue weighted by Crippen LogP contribution is -2.41. The molecule has 0 saturated carbocycles. The van der Waals surface area contributed by atoms with E-state index in [9.17, 15) is 0 Å². The Balaban J connectivity index is 2.27. The molecular formula is C9H16BN3O2. The summed E-state index contributed by atoms with van der Waals surface area (Å²) >= 11 is 0. The highest BCUT2D eigenvalue weighted by Crippen LogP contribution is 2.36. The third-order valence-electron chi connectivity index (χ3n) is 3.21. The molecule has 5 nitrogen and oxygen atoms in total. The molecule has 0 aromatic carbocycles. The summed E-state index contributed by atoms with van der Waals surface area (Å²) in [6.45, 7) is 8.07. The number of aromatic nitrogens is 3. The van der Waals surface area contributed by atoms with Gasteiger partial charge in [-0.05, 0) is 27.7 Å². The normalized spacial score (nSPS) is 23.4. The summed E-state index contributed by atoms with van der Waals surface area (Å²) in [5.74, 6) is 0. The monoisotopic (exact) mass is 209 g/mol. The van der Waals surface area contributed by atoms with Crippen LogP contribution in [0, 0.1) is 0 Å². The van der Waals surface area contributed by atoms with Crippen molar-refractivity contribution in [1.82, 2.24) is 14.8 Å². The van der Waals surface area contributed by atoms with Crippen molar-refractivity contribution < 1.29 is 9.31 Å². The smallest absolute Gasteiger partial charge is 0.397 e. The molecule has 0 radical (unpaired) electrons. The lowest BCUT2D eigenvalue weighted by molar-refractivity contribution is 0.00578. The molecule has 0 atom stereocenters. The third-order valence-corrected chi connectivity index (χ3v) is 3.21. The van der Waals surface area contributed by atoms with Gasteiger partial charge in [0, 0.05) is 7.05 Å². The molecular weight excluding hydrogens is 193 g/mol. The fraction of sp³-hybridized carbons (Fsp3) is 0.778. The molecule has 1 fully saturated rings. The number of aryl methyl sites for hydroxylation is 1. The van der Waals surface area contributed by atoms with Crippen molar-refractivity contribution >= 4 is 12.8 Å². The van der Waals surface area contributed by atoms with E-state index >= 15 is 0 Å². The van der Waals surface area contributed by atoms with Crippen molar-refractivity contribution in [3.63, 3.8) is 0 Å². The highest BCUT2D eigenvalue weighted by Gasteiger charge is 2.53. The minimum atomic E-state index is -0.428. The second-order valence-electron chi connectivity index (χ2n) is 4.83. The fourth-order valence-corrected chi connectivity index (χ4v) is 1.47. The zero-order chi connectivity index (χ0) is 11.3. The number of hydrogen-bond donors (Lipinski definition) is 0. The number of rotatable bonds is 1. The van der Waals surface area contributed by atoms with E-state index in [2.05, 4.69) is 10.1 Å². The van der Waals surface area contributed by atoms with Crippen molar-refractivity contribution in [1.29, 1.82) is 0 Å². The van der Waals surface area contributed by atoms with Gasteiger partial charge in [0.1, 0.15) is 6.33 Å². The maximum atomic E-state index is 5.84. The van der Waals surface area contributed by atoms with Crippen LogP contribution in [0.3, 0.4) is 0 Å². The van der Waals surface area contributed by atoms with E-state index in [1.807, 2.05) is 34.7 Å². The molecule has 2 heterocycles. The molecule has 1 aromatic rings. The lowest BCUT2D eigenvalue weighted by Gasteiger charge is -2.32. The number of hydrogen-bond acceptors (Lipinski definition) is 4. The zero-order valence-corrected chi connectivity index (χ0v) is 9.81.